The number of aromatic nitrogens is 1. The molecule has 0 spiro atoms. The molecule has 1 N–H and O–H groups in total. The van der Waals surface area contributed by atoms with E-state index < -0.39 is 15.9 Å². The van der Waals surface area contributed by atoms with Crippen molar-refractivity contribution in [2.24, 2.45) is 5.92 Å². The van der Waals surface area contributed by atoms with Gasteiger partial charge in [-0.25, -0.2) is 8.42 Å². The van der Waals surface area contributed by atoms with E-state index in [1.807, 2.05) is 18.2 Å². The van der Waals surface area contributed by atoms with Crippen LogP contribution in [0.2, 0.25) is 5.02 Å². The molecule has 2 aromatic carbocycles. The lowest BCUT2D eigenvalue weighted by molar-refractivity contribution is -0.120. The summed E-state index contributed by atoms with van der Waals surface area (Å²) in [6.07, 6.45) is 2.99. The number of hydrogen-bond donors (Lipinski definition) is 1. The molecule has 1 fully saturated rings. The van der Waals surface area contributed by atoms with Gasteiger partial charge in [0.05, 0.1) is 27.6 Å². The van der Waals surface area contributed by atoms with Crippen molar-refractivity contribution in [2.75, 3.05) is 25.5 Å². The van der Waals surface area contributed by atoms with E-state index in [0.717, 1.165) is 10.1 Å². The van der Waals surface area contributed by atoms with Crippen molar-refractivity contribution in [3.05, 3.63) is 47.6 Å². The first-order valence-electron chi connectivity index (χ1n) is 9.37. The summed E-state index contributed by atoms with van der Waals surface area (Å²) >= 11 is 7.50. The highest BCUT2D eigenvalue weighted by Crippen LogP contribution is 2.30. The number of piperidine rings is 1. The molecule has 30 heavy (non-hydrogen) atoms. The average Bonchev–Trinajstić information content (AvgIpc) is 3.21. The average molecular weight is 466 g/mol. The number of ether oxygens (including phenoxy) is 1. The molecule has 7 nitrogen and oxygen atoms in total. The zero-order valence-electron chi connectivity index (χ0n) is 16.2. The number of rotatable bonds is 5. The number of fused-ring (bicyclic) bond motifs is 1. The Hall–Kier alpha value is -2.20. The molecule has 3 aromatic rings. The van der Waals surface area contributed by atoms with Crippen molar-refractivity contribution in [2.45, 2.75) is 17.7 Å². The van der Waals surface area contributed by atoms with E-state index in [0.29, 0.717) is 30.8 Å². The van der Waals surface area contributed by atoms with Crippen LogP contribution in [0.4, 0.5) is 5.69 Å². The Balaban J connectivity index is 1.49. The van der Waals surface area contributed by atoms with E-state index in [1.165, 1.54) is 41.1 Å². The molecule has 1 atom stereocenters. The van der Waals surface area contributed by atoms with Crippen LogP contribution in [0, 0.1) is 5.92 Å². The van der Waals surface area contributed by atoms with Crippen LogP contribution < -0.4 is 10.1 Å². The van der Waals surface area contributed by atoms with Gasteiger partial charge >= 0.3 is 0 Å². The second-order valence-corrected chi connectivity index (χ2v) is 10.2. The predicted octanol–water partition coefficient (Wildman–Crippen LogP) is 4.00. The fourth-order valence-electron chi connectivity index (χ4n) is 3.53. The van der Waals surface area contributed by atoms with Gasteiger partial charge in [0, 0.05) is 30.4 Å². The highest BCUT2D eigenvalue weighted by molar-refractivity contribution is 7.89. The summed E-state index contributed by atoms with van der Waals surface area (Å²) in [6, 6.07) is 9.98. The SMILES string of the molecule is COc1ccc(S(=O)(=O)N2CCC[C@@H](C(=O)Nc3ccc4sncc4c3)C2)cc1Cl. The van der Waals surface area contributed by atoms with E-state index in [-0.39, 0.29) is 22.4 Å². The Morgan fingerprint density at radius 3 is 2.90 bits per heavy atom. The standard InChI is InChI=1S/C20H20ClN3O4S2/c1-28-18-6-5-16(10-17(18)21)30(26,27)24-8-2-3-13(12-24)20(25)23-15-4-7-19-14(9-15)11-22-29-19/h4-7,9-11,13H,2-3,8,12H2,1H3,(H,23,25)/t13-/m1/s1. The molecule has 1 aliphatic rings. The van der Waals surface area contributed by atoms with Crippen molar-refractivity contribution in [3.63, 3.8) is 0 Å². The Bertz CT molecular complexity index is 1200. The Morgan fingerprint density at radius 2 is 2.13 bits per heavy atom. The molecule has 1 amide bonds. The maximum Gasteiger partial charge on any atom is 0.243 e. The molecule has 0 aliphatic carbocycles. The number of nitrogens with one attached hydrogen (secondary N) is 1. The Labute approximate surface area is 183 Å². The van der Waals surface area contributed by atoms with Crippen LogP contribution in [0.25, 0.3) is 10.1 Å². The maximum absolute atomic E-state index is 13.1. The van der Waals surface area contributed by atoms with Crippen LogP contribution in [0.5, 0.6) is 5.75 Å². The van der Waals surface area contributed by atoms with Crippen molar-refractivity contribution in [1.29, 1.82) is 0 Å². The molecule has 0 radical (unpaired) electrons. The first-order valence-corrected chi connectivity index (χ1v) is 12.0. The number of amides is 1. The molecule has 1 aliphatic heterocycles. The fraction of sp³-hybridized carbons (Fsp3) is 0.300. The minimum atomic E-state index is -3.76. The van der Waals surface area contributed by atoms with E-state index in [1.54, 1.807) is 6.20 Å². The minimum absolute atomic E-state index is 0.0877. The summed E-state index contributed by atoms with van der Waals surface area (Å²) < 4.78 is 37.8. The first kappa shape index (κ1) is 21.0. The lowest BCUT2D eigenvalue weighted by Crippen LogP contribution is -2.43. The number of hydrogen-bond acceptors (Lipinski definition) is 6. The number of carbonyl (C=O) groups excluding carboxylic acids is 1. The molecule has 2 heterocycles. The van der Waals surface area contributed by atoms with Crippen molar-refractivity contribution >= 4 is 54.8 Å². The fourth-order valence-corrected chi connectivity index (χ4v) is 6.02. The molecule has 1 aromatic heterocycles. The lowest BCUT2D eigenvalue weighted by Gasteiger charge is -2.31. The minimum Gasteiger partial charge on any atom is -0.495 e. The zero-order chi connectivity index (χ0) is 21.3. The highest BCUT2D eigenvalue weighted by Gasteiger charge is 2.33. The van der Waals surface area contributed by atoms with Crippen LogP contribution in [-0.2, 0) is 14.8 Å². The van der Waals surface area contributed by atoms with Crippen LogP contribution in [0.3, 0.4) is 0 Å². The van der Waals surface area contributed by atoms with Gasteiger partial charge in [0.25, 0.3) is 0 Å². The summed E-state index contributed by atoms with van der Waals surface area (Å²) in [4.78, 5) is 12.9. The number of nitrogens with zero attached hydrogens (tertiary/aromatic N) is 2. The Morgan fingerprint density at radius 1 is 1.30 bits per heavy atom. The lowest BCUT2D eigenvalue weighted by atomic mass is 9.98. The summed E-state index contributed by atoms with van der Waals surface area (Å²) in [5, 5.41) is 4.09. The molecule has 0 bridgehead atoms. The molecular formula is C20H20ClN3O4S2. The van der Waals surface area contributed by atoms with Crippen molar-refractivity contribution in [1.82, 2.24) is 8.68 Å². The highest BCUT2D eigenvalue weighted by atomic mass is 35.5. The smallest absolute Gasteiger partial charge is 0.243 e. The largest absolute Gasteiger partial charge is 0.495 e. The second kappa shape index (κ2) is 8.50. The van der Waals surface area contributed by atoms with Gasteiger partial charge in [-0.1, -0.05) is 11.6 Å². The third-order valence-electron chi connectivity index (χ3n) is 5.14. The molecule has 4 rings (SSSR count). The predicted molar refractivity (Wildman–Crippen MR) is 118 cm³/mol. The van der Waals surface area contributed by atoms with Gasteiger partial charge in [-0.15, -0.1) is 0 Å². The van der Waals surface area contributed by atoms with Gasteiger partial charge in [-0.2, -0.15) is 8.68 Å². The number of anilines is 1. The van der Waals surface area contributed by atoms with Gasteiger partial charge in [-0.3, -0.25) is 4.79 Å². The van der Waals surface area contributed by atoms with Crippen LogP contribution in [0.15, 0.2) is 47.5 Å². The summed E-state index contributed by atoms with van der Waals surface area (Å²) in [5.41, 5.74) is 0.676. The molecule has 0 saturated carbocycles. The van der Waals surface area contributed by atoms with Crippen LogP contribution >= 0.6 is 23.1 Å². The quantitative estimate of drug-likeness (QED) is 0.615. The number of halogens is 1. The second-order valence-electron chi connectivity index (χ2n) is 7.07. The summed E-state index contributed by atoms with van der Waals surface area (Å²) in [7, 11) is -2.30. The maximum atomic E-state index is 13.1. The molecule has 0 unspecified atom stereocenters. The third-order valence-corrected chi connectivity index (χ3v) is 8.07. The normalized spacial score (nSPS) is 17.7. The number of benzene rings is 2. The van der Waals surface area contributed by atoms with Crippen molar-refractivity contribution < 1.29 is 17.9 Å². The molecule has 10 heteroatoms. The monoisotopic (exact) mass is 465 g/mol. The number of sulfonamides is 1. The van der Waals surface area contributed by atoms with Crippen molar-refractivity contribution in [3.8, 4) is 5.75 Å². The van der Waals surface area contributed by atoms with E-state index >= 15 is 0 Å². The third kappa shape index (κ3) is 4.15. The van der Waals surface area contributed by atoms with Crippen LogP contribution in [-0.4, -0.2) is 43.2 Å². The van der Waals surface area contributed by atoms with E-state index in [4.69, 9.17) is 16.3 Å². The number of carbonyl (C=O) groups is 1. The van der Waals surface area contributed by atoms with Gasteiger partial charge in [0.15, 0.2) is 0 Å². The Kier molecular flexibility index (Phi) is 5.97. The van der Waals surface area contributed by atoms with Gasteiger partial charge in [-0.05, 0) is 60.8 Å². The summed E-state index contributed by atoms with van der Waals surface area (Å²) in [5.74, 6) is -0.215. The molecule has 1 saturated heterocycles. The topological polar surface area (TPSA) is 88.6 Å². The molecule has 158 valence electrons. The number of methoxy groups -OCH3 is 1. The first-order chi connectivity index (χ1) is 14.4. The van der Waals surface area contributed by atoms with Gasteiger partial charge < -0.3 is 10.1 Å². The zero-order valence-corrected chi connectivity index (χ0v) is 18.6. The van der Waals surface area contributed by atoms with Gasteiger partial charge in [0.1, 0.15) is 5.75 Å². The van der Waals surface area contributed by atoms with Crippen LogP contribution in [0.1, 0.15) is 12.8 Å². The van der Waals surface area contributed by atoms with Gasteiger partial charge in [0.2, 0.25) is 15.9 Å². The van der Waals surface area contributed by atoms with E-state index in [2.05, 4.69) is 9.69 Å². The summed E-state index contributed by atoms with van der Waals surface area (Å²) in [6.45, 7) is 0.488. The molecular weight excluding hydrogens is 446 g/mol. The van der Waals surface area contributed by atoms with E-state index in [9.17, 15) is 13.2 Å².